The maximum atomic E-state index is 14.4. The Morgan fingerprint density at radius 3 is 1.23 bits per heavy atom. The molecule has 0 aromatic carbocycles. The number of carbonyl (C=O) groups is 14. The van der Waals surface area contributed by atoms with E-state index in [1.165, 1.54) is 6.92 Å². The van der Waals surface area contributed by atoms with E-state index in [9.17, 15) is 82.4 Å². The summed E-state index contributed by atoms with van der Waals surface area (Å²) in [5.41, 5.74) is 32.8. The Hall–Kier alpha value is -8.92. The van der Waals surface area contributed by atoms with E-state index in [2.05, 4.69) is 52.5 Å². The summed E-state index contributed by atoms with van der Waals surface area (Å²) in [4.78, 5) is 188. The van der Waals surface area contributed by atoms with Crippen molar-refractivity contribution in [1.29, 1.82) is 0 Å². The van der Waals surface area contributed by atoms with Crippen LogP contribution in [0.4, 0.5) is 0 Å². The lowest BCUT2D eigenvalue weighted by Crippen LogP contribution is -2.60. The van der Waals surface area contributed by atoms with Crippen molar-refractivity contribution in [2.75, 3.05) is 19.6 Å². The number of hydrogen-bond donors (Lipinski definition) is 19. The van der Waals surface area contributed by atoms with Crippen LogP contribution in [0.1, 0.15) is 118 Å². The number of nitrogens with zero attached hydrogens (tertiary/aromatic N) is 2. The number of carboxylic acids is 4. The Morgan fingerprint density at radius 2 is 0.831 bits per heavy atom. The third-order valence-corrected chi connectivity index (χ3v) is 12.0. The third-order valence-electron chi connectivity index (χ3n) is 12.0. The Morgan fingerprint density at radius 1 is 0.446 bits per heavy atom. The number of guanidine groups is 2. The number of amides is 10. The van der Waals surface area contributed by atoms with Crippen LogP contribution < -0.4 is 82.3 Å². The van der Waals surface area contributed by atoms with Gasteiger partial charge in [-0.05, 0) is 70.1 Å². The highest BCUT2D eigenvalue weighted by molar-refractivity contribution is 5.99. The topological polar surface area (TPSA) is 609 Å². The van der Waals surface area contributed by atoms with Crippen LogP contribution in [0.15, 0.2) is 9.98 Å². The largest absolute Gasteiger partial charge is 0.481 e. The SMILES string of the molecule is CC[C@H](C)[C@H](NC(=O)[C@H](CCCN=C(N)N)NC(=O)[C@H](CCCN=C(N)N)NC(=O)[C@H](CC(C)C)NC(=O)[C@H](CCC(=O)O)NC(=O)[C@H](CCC(N)=O)NC(=O)[C@H](C)N)C(=O)NCC(=O)N[C@@H](CC(=O)O)C(=O)N[C@@H](CCC(=O)O)C(=O)O. The molecule has 0 radical (unpaired) electrons. The first-order chi connectivity index (χ1) is 38.7. The molecule has 0 aliphatic carbocycles. The van der Waals surface area contributed by atoms with Crippen LogP contribution in [0.2, 0.25) is 0 Å². The highest BCUT2D eigenvalue weighted by Gasteiger charge is 2.36. The second-order valence-electron chi connectivity index (χ2n) is 19.7. The third kappa shape index (κ3) is 32.2. The zero-order valence-corrected chi connectivity index (χ0v) is 47.0. The van der Waals surface area contributed by atoms with E-state index >= 15 is 0 Å². The van der Waals surface area contributed by atoms with Crippen LogP contribution >= 0.6 is 0 Å². The lowest BCUT2D eigenvalue weighted by molar-refractivity contribution is -0.144. The molecule has 83 heavy (non-hydrogen) atoms. The van der Waals surface area contributed by atoms with Crippen LogP contribution in [0, 0.1) is 11.8 Å². The molecule has 35 heteroatoms. The smallest absolute Gasteiger partial charge is 0.326 e. The van der Waals surface area contributed by atoms with Gasteiger partial charge >= 0.3 is 23.9 Å². The first-order valence-electron chi connectivity index (χ1n) is 26.4. The van der Waals surface area contributed by atoms with Gasteiger partial charge in [0.05, 0.1) is 19.0 Å². The summed E-state index contributed by atoms with van der Waals surface area (Å²) in [5.74, 6) is -17.7. The zero-order valence-electron chi connectivity index (χ0n) is 47.0. The van der Waals surface area contributed by atoms with Gasteiger partial charge in [0.25, 0.3) is 0 Å². The molecule has 0 aromatic heterocycles. The molecular formula is C48H83N17O18. The van der Waals surface area contributed by atoms with Gasteiger partial charge in [-0.2, -0.15) is 0 Å². The van der Waals surface area contributed by atoms with Gasteiger partial charge in [0.1, 0.15) is 48.3 Å². The highest BCUT2D eigenvalue weighted by atomic mass is 16.4. The van der Waals surface area contributed by atoms with E-state index in [-0.39, 0.29) is 75.9 Å². The van der Waals surface area contributed by atoms with Gasteiger partial charge in [0.2, 0.25) is 59.1 Å². The zero-order chi connectivity index (χ0) is 63.7. The Labute approximate surface area is 477 Å². The number of primary amides is 1. The second-order valence-corrected chi connectivity index (χ2v) is 19.7. The fourth-order valence-corrected chi connectivity index (χ4v) is 7.39. The van der Waals surface area contributed by atoms with Gasteiger partial charge in [-0.25, -0.2) is 4.79 Å². The summed E-state index contributed by atoms with van der Waals surface area (Å²) in [6, 6.07) is -13.9. The average molecular weight is 1190 g/mol. The summed E-state index contributed by atoms with van der Waals surface area (Å²) >= 11 is 0. The lowest BCUT2D eigenvalue weighted by Gasteiger charge is -2.29. The maximum absolute atomic E-state index is 14.4. The van der Waals surface area contributed by atoms with Crippen molar-refractivity contribution in [2.45, 2.75) is 172 Å². The number of nitrogens with two attached hydrogens (primary N) is 6. The molecule has 25 N–H and O–H groups in total. The molecule has 0 spiro atoms. The van der Waals surface area contributed by atoms with Gasteiger partial charge in [0, 0.05) is 32.4 Å². The molecule has 0 bridgehead atoms. The van der Waals surface area contributed by atoms with E-state index in [0.717, 1.165) is 0 Å². The molecule has 0 saturated carbocycles. The van der Waals surface area contributed by atoms with Crippen molar-refractivity contribution < 1.29 is 87.5 Å². The minimum Gasteiger partial charge on any atom is -0.481 e. The fraction of sp³-hybridized carbons (Fsp3) is 0.667. The molecule has 0 heterocycles. The van der Waals surface area contributed by atoms with Gasteiger partial charge < -0.3 is 103 Å². The van der Waals surface area contributed by atoms with Crippen LogP contribution in [-0.4, -0.2) is 189 Å². The van der Waals surface area contributed by atoms with Crippen molar-refractivity contribution in [3.8, 4) is 0 Å². The van der Waals surface area contributed by atoms with E-state index in [4.69, 9.17) is 39.5 Å². The van der Waals surface area contributed by atoms with E-state index in [0.29, 0.717) is 0 Å². The van der Waals surface area contributed by atoms with Gasteiger partial charge in [0.15, 0.2) is 11.9 Å². The first-order valence-corrected chi connectivity index (χ1v) is 26.4. The molecular weight excluding hydrogens is 1100 g/mol. The number of carbonyl (C=O) groups excluding carboxylic acids is 10. The summed E-state index contributed by atoms with van der Waals surface area (Å²) < 4.78 is 0. The number of aliphatic carboxylic acids is 4. The fourth-order valence-electron chi connectivity index (χ4n) is 7.39. The molecule has 468 valence electrons. The van der Waals surface area contributed by atoms with Crippen molar-refractivity contribution in [3.63, 3.8) is 0 Å². The maximum Gasteiger partial charge on any atom is 0.326 e. The second kappa shape index (κ2) is 38.7. The predicted octanol–water partition coefficient (Wildman–Crippen LogP) is -6.92. The summed E-state index contributed by atoms with van der Waals surface area (Å²) in [7, 11) is 0. The molecule has 35 nitrogen and oxygen atoms in total. The molecule has 0 rings (SSSR count). The van der Waals surface area contributed by atoms with Gasteiger partial charge in [-0.1, -0.05) is 34.1 Å². The average Bonchev–Trinajstić information content (AvgIpc) is 3.58. The van der Waals surface area contributed by atoms with E-state index in [1.54, 1.807) is 27.7 Å². The van der Waals surface area contributed by atoms with E-state index < -0.39 is 188 Å². The standard InChI is InChI=1S/C48H83N17O18/c1-6-23(4)37(45(81)57-21-33(67)58-31(20-36(72)73)44(80)63-29(46(82)83)13-16-35(70)71)65-42(78)26(10-8-18-56-48(53)54)60-39(75)25(9-7-17-55-47(51)52)61-43(79)30(19-22(2)3)64-41(77)28(12-15-34(68)69)62-40(76)27(11-14-32(50)66)59-38(74)24(5)49/h22-31,37H,6-21,49H2,1-5H3,(H2,50,66)(H,57,81)(H,58,67)(H,59,74)(H,60,75)(H,61,79)(H,62,76)(H,63,80)(H,64,77)(H,65,78)(H,68,69)(H,70,71)(H,72,73)(H,82,83)(H4,51,52,55)(H4,53,54,56)/t23-,24-,25-,26-,27-,28-,29-,30-,31-,37-/m0/s1. The van der Waals surface area contributed by atoms with Crippen LogP contribution in [-0.2, 0) is 67.1 Å². The Bertz CT molecular complexity index is 2340. The molecule has 10 amide bonds. The highest BCUT2D eigenvalue weighted by Crippen LogP contribution is 2.13. The first kappa shape index (κ1) is 74.1. The number of aliphatic imine (C=N–C) groups is 2. The van der Waals surface area contributed by atoms with Gasteiger partial charge in [-0.15, -0.1) is 0 Å². The molecule has 0 aliphatic heterocycles. The lowest BCUT2D eigenvalue weighted by atomic mass is 9.97. The number of carboxylic acid groups (broad SMARTS) is 4. The minimum absolute atomic E-state index is 0.0275. The van der Waals surface area contributed by atoms with Crippen LogP contribution in [0.5, 0.6) is 0 Å². The monoisotopic (exact) mass is 1190 g/mol. The predicted molar refractivity (Wildman–Crippen MR) is 293 cm³/mol. The van der Waals surface area contributed by atoms with Crippen LogP contribution in [0.25, 0.3) is 0 Å². The van der Waals surface area contributed by atoms with E-state index in [1.807, 2.05) is 5.32 Å². The summed E-state index contributed by atoms with van der Waals surface area (Å²) in [5, 5.41) is 58.5. The molecule has 0 aliphatic rings. The summed E-state index contributed by atoms with van der Waals surface area (Å²) in [6.45, 7) is 6.83. The van der Waals surface area contributed by atoms with Crippen molar-refractivity contribution in [3.05, 3.63) is 0 Å². The van der Waals surface area contributed by atoms with Gasteiger partial charge in [-0.3, -0.25) is 72.3 Å². The van der Waals surface area contributed by atoms with Crippen molar-refractivity contribution in [1.82, 2.24) is 47.9 Å². The number of hydrogen-bond acceptors (Lipinski definition) is 17. The molecule has 10 atom stereocenters. The Kier molecular flexibility index (Phi) is 34.5. The number of nitrogens with one attached hydrogen (secondary N) is 9. The van der Waals surface area contributed by atoms with Crippen molar-refractivity contribution >= 4 is 94.9 Å². The normalized spacial score (nSPS) is 14.4. The molecule has 0 fully saturated rings. The molecule has 0 aromatic rings. The molecule has 0 saturated heterocycles. The minimum atomic E-state index is -1.90. The van der Waals surface area contributed by atoms with Crippen LogP contribution in [0.3, 0.4) is 0 Å². The quantitative estimate of drug-likeness (QED) is 0.0153. The van der Waals surface area contributed by atoms with Crippen molar-refractivity contribution in [2.24, 2.45) is 56.2 Å². The summed E-state index contributed by atoms with van der Waals surface area (Å²) in [6.07, 6.45) is -4.50. The number of rotatable bonds is 42. The molecule has 0 unspecified atom stereocenters. The Balaban J connectivity index is 6.96.